The molecule has 2 aromatic carbocycles. The number of urea groups is 1. The lowest BCUT2D eigenvalue weighted by Gasteiger charge is -2.24. The summed E-state index contributed by atoms with van der Waals surface area (Å²) < 4.78 is 7.33. The number of hydrogen-bond donors (Lipinski definition) is 3. The number of aromatic nitrogens is 4. The van der Waals surface area contributed by atoms with Gasteiger partial charge in [-0.2, -0.15) is 0 Å². The van der Waals surface area contributed by atoms with Crippen molar-refractivity contribution in [2.45, 2.75) is 58.9 Å². The molecular formula is C34H38N6O3. The summed E-state index contributed by atoms with van der Waals surface area (Å²) in [5, 5.41) is 6.74. The van der Waals surface area contributed by atoms with E-state index >= 15 is 0 Å². The van der Waals surface area contributed by atoms with Gasteiger partial charge in [-0.3, -0.25) is 9.36 Å². The van der Waals surface area contributed by atoms with E-state index in [1.807, 2.05) is 48.5 Å². The van der Waals surface area contributed by atoms with E-state index in [-0.39, 0.29) is 16.7 Å². The van der Waals surface area contributed by atoms with Crippen LogP contribution in [0.5, 0.6) is 5.75 Å². The fraction of sp³-hybridized carbons (Fsp3) is 0.294. The van der Waals surface area contributed by atoms with Gasteiger partial charge in [-0.05, 0) is 47.2 Å². The number of fused-ring (bicyclic) bond motifs is 1. The third-order valence-corrected chi connectivity index (χ3v) is 7.44. The Labute approximate surface area is 251 Å². The first-order valence-corrected chi connectivity index (χ1v) is 14.6. The van der Waals surface area contributed by atoms with Crippen molar-refractivity contribution in [3.63, 3.8) is 0 Å². The van der Waals surface area contributed by atoms with Gasteiger partial charge in [-0.1, -0.05) is 64.4 Å². The van der Waals surface area contributed by atoms with Crippen molar-refractivity contribution in [1.82, 2.24) is 19.5 Å². The molecule has 0 aliphatic rings. The van der Waals surface area contributed by atoms with Crippen LogP contribution in [-0.4, -0.2) is 32.7 Å². The molecule has 2 amide bonds. The number of amides is 2. The summed E-state index contributed by atoms with van der Waals surface area (Å²) in [6.07, 6.45) is 7.48. The smallest absolute Gasteiger partial charge is 0.323 e. The van der Waals surface area contributed by atoms with Crippen LogP contribution in [0.3, 0.4) is 0 Å². The maximum atomic E-state index is 14.2. The van der Waals surface area contributed by atoms with Crippen LogP contribution in [0.4, 0.5) is 16.2 Å². The molecule has 3 aromatic heterocycles. The zero-order chi connectivity index (χ0) is 30.6. The number of para-hydroxylation sites is 1. The number of H-pyrrole nitrogens is 1. The molecule has 9 nitrogen and oxygen atoms in total. The maximum Gasteiger partial charge on any atom is 0.323 e. The van der Waals surface area contributed by atoms with Gasteiger partial charge in [-0.15, -0.1) is 0 Å². The monoisotopic (exact) mass is 578 g/mol. The lowest BCUT2D eigenvalue weighted by Crippen LogP contribution is -2.30. The fourth-order valence-electron chi connectivity index (χ4n) is 5.36. The summed E-state index contributed by atoms with van der Waals surface area (Å²) in [4.78, 5) is 40.0. The van der Waals surface area contributed by atoms with Crippen molar-refractivity contribution in [2.75, 3.05) is 17.7 Å². The number of nitrogens with one attached hydrogen (secondary N) is 3. The molecule has 0 bridgehead atoms. The Morgan fingerprint density at radius 1 is 1.02 bits per heavy atom. The Kier molecular flexibility index (Phi) is 8.61. The number of benzene rings is 2. The first-order valence-electron chi connectivity index (χ1n) is 14.6. The first kappa shape index (κ1) is 29.6. The van der Waals surface area contributed by atoms with E-state index < -0.39 is 6.03 Å². The van der Waals surface area contributed by atoms with Crippen molar-refractivity contribution in [3.05, 3.63) is 100 Å². The molecule has 5 rings (SSSR count). The van der Waals surface area contributed by atoms with Gasteiger partial charge in [0.05, 0.1) is 7.11 Å². The normalized spacial score (nSPS) is 11.5. The fourth-order valence-corrected chi connectivity index (χ4v) is 5.36. The molecule has 0 aliphatic carbocycles. The molecule has 9 heteroatoms. The number of unbranched alkanes of at least 4 members (excludes halogenated alkanes) is 1. The molecule has 0 atom stereocenters. The number of nitrogens with zero attached hydrogens (tertiary/aromatic N) is 3. The second kappa shape index (κ2) is 12.5. The number of hydrogen-bond acceptors (Lipinski definition) is 5. The number of ether oxygens (including phenoxy) is 1. The van der Waals surface area contributed by atoms with E-state index in [1.54, 1.807) is 30.3 Å². The summed E-state index contributed by atoms with van der Waals surface area (Å²) in [6.45, 7) is 8.85. The standard InChI is InChI=1S/C34H38N6O3/c1-6-7-19-40-31-24(12-10-16-37-31)29(23-11-8-9-13-27(23)43-5)30(32(40)41)39-33(42)38-26-20-22(21-28-35-17-18-36-28)14-15-25(26)34(2,3)4/h8-18,20H,6-7,19,21H2,1-5H3,(H,35,36)(H2,38,39,42). The van der Waals surface area contributed by atoms with E-state index in [2.05, 4.69) is 59.3 Å². The minimum Gasteiger partial charge on any atom is -0.496 e. The molecule has 3 N–H and O–H groups in total. The molecule has 0 aliphatic heterocycles. The van der Waals surface area contributed by atoms with E-state index in [1.165, 1.54) is 0 Å². The van der Waals surface area contributed by atoms with Gasteiger partial charge < -0.3 is 20.4 Å². The van der Waals surface area contributed by atoms with Crippen LogP contribution >= 0.6 is 0 Å². The number of anilines is 2. The van der Waals surface area contributed by atoms with Crippen LogP contribution in [0.1, 0.15) is 57.5 Å². The second-order valence-corrected chi connectivity index (χ2v) is 11.6. The van der Waals surface area contributed by atoms with Crippen LogP contribution in [0.15, 0.2) is 78.0 Å². The van der Waals surface area contributed by atoms with Gasteiger partial charge in [0, 0.05) is 53.8 Å². The van der Waals surface area contributed by atoms with Crippen LogP contribution in [0, 0.1) is 0 Å². The number of pyridine rings is 2. The van der Waals surface area contributed by atoms with Gasteiger partial charge in [-0.25, -0.2) is 14.8 Å². The average Bonchev–Trinajstić information content (AvgIpc) is 3.50. The van der Waals surface area contributed by atoms with Gasteiger partial charge in [0.1, 0.15) is 22.9 Å². The van der Waals surface area contributed by atoms with Crippen LogP contribution in [0.2, 0.25) is 0 Å². The zero-order valence-corrected chi connectivity index (χ0v) is 25.3. The molecule has 0 saturated carbocycles. The number of methoxy groups -OCH3 is 1. The first-order chi connectivity index (χ1) is 20.7. The van der Waals surface area contributed by atoms with Crippen molar-refractivity contribution < 1.29 is 9.53 Å². The SMILES string of the molecule is CCCCn1c(=O)c(NC(=O)Nc2cc(Cc3ncc[nH]3)ccc2C(C)(C)C)c(-c2ccccc2OC)c2cccnc21. The molecule has 43 heavy (non-hydrogen) atoms. The molecule has 0 radical (unpaired) electrons. The molecule has 0 fully saturated rings. The third-order valence-electron chi connectivity index (χ3n) is 7.44. The summed E-state index contributed by atoms with van der Waals surface area (Å²) in [6, 6.07) is 16.8. The Morgan fingerprint density at radius 3 is 2.56 bits per heavy atom. The predicted molar refractivity (Wildman–Crippen MR) is 172 cm³/mol. The number of aromatic amines is 1. The molecule has 5 aromatic rings. The Hall–Kier alpha value is -4.92. The highest BCUT2D eigenvalue weighted by Crippen LogP contribution is 2.38. The van der Waals surface area contributed by atoms with Gasteiger partial charge in [0.2, 0.25) is 0 Å². The Morgan fingerprint density at radius 2 is 1.84 bits per heavy atom. The molecular weight excluding hydrogens is 540 g/mol. The number of imidazole rings is 1. The number of carbonyl (C=O) groups is 1. The minimum absolute atomic E-state index is 0.169. The molecule has 0 saturated heterocycles. The van der Waals surface area contributed by atoms with Gasteiger partial charge >= 0.3 is 6.03 Å². The number of carbonyl (C=O) groups excluding carboxylic acids is 1. The summed E-state index contributed by atoms with van der Waals surface area (Å²) >= 11 is 0. The van der Waals surface area contributed by atoms with Crippen molar-refractivity contribution in [1.29, 1.82) is 0 Å². The largest absolute Gasteiger partial charge is 0.496 e. The quantitative estimate of drug-likeness (QED) is 0.172. The third kappa shape index (κ3) is 6.30. The zero-order valence-electron chi connectivity index (χ0n) is 25.3. The van der Waals surface area contributed by atoms with Crippen molar-refractivity contribution in [2.24, 2.45) is 0 Å². The van der Waals surface area contributed by atoms with Crippen molar-refractivity contribution in [3.8, 4) is 16.9 Å². The number of aryl methyl sites for hydroxylation is 1. The van der Waals surface area contributed by atoms with Crippen LogP contribution < -0.4 is 20.9 Å². The molecule has 0 unspecified atom stereocenters. The summed E-state index contributed by atoms with van der Waals surface area (Å²) in [5.41, 5.74) is 4.06. The maximum absolute atomic E-state index is 14.2. The second-order valence-electron chi connectivity index (χ2n) is 11.6. The van der Waals surface area contributed by atoms with Gasteiger partial charge in [0.15, 0.2) is 0 Å². The van der Waals surface area contributed by atoms with E-state index in [4.69, 9.17) is 4.74 Å². The Bertz CT molecular complexity index is 1800. The number of rotatable bonds is 9. The Balaban J connectivity index is 1.62. The topological polar surface area (TPSA) is 114 Å². The van der Waals surface area contributed by atoms with Gasteiger partial charge in [0.25, 0.3) is 5.56 Å². The predicted octanol–water partition coefficient (Wildman–Crippen LogP) is 7.13. The molecule has 3 heterocycles. The highest BCUT2D eigenvalue weighted by atomic mass is 16.5. The van der Waals surface area contributed by atoms with E-state index in [0.29, 0.717) is 41.2 Å². The summed E-state index contributed by atoms with van der Waals surface area (Å²) in [7, 11) is 1.59. The molecule has 0 spiro atoms. The van der Waals surface area contributed by atoms with Crippen molar-refractivity contribution >= 4 is 28.4 Å². The highest BCUT2D eigenvalue weighted by molar-refractivity contribution is 6.08. The lowest BCUT2D eigenvalue weighted by molar-refractivity contribution is 0.262. The molecule has 222 valence electrons. The van der Waals surface area contributed by atoms with E-state index in [9.17, 15) is 9.59 Å². The highest BCUT2D eigenvalue weighted by Gasteiger charge is 2.24. The van der Waals surface area contributed by atoms with E-state index in [0.717, 1.165) is 35.2 Å². The average molecular weight is 579 g/mol. The lowest BCUT2D eigenvalue weighted by atomic mass is 9.85. The van der Waals surface area contributed by atoms with Crippen LogP contribution in [0.25, 0.3) is 22.2 Å². The van der Waals surface area contributed by atoms with Crippen LogP contribution in [-0.2, 0) is 18.4 Å². The minimum atomic E-state index is -0.515. The summed E-state index contributed by atoms with van der Waals surface area (Å²) in [5.74, 6) is 1.42.